The predicted molar refractivity (Wildman–Crippen MR) is 111 cm³/mol. The molecule has 0 aromatic rings. The Labute approximate surface area is 164 Å². The summed E-state index contributed by atoms with van der Waals surface area (Å²) in [6.45, 7) is 2.59. The van der Waals surface area contributed by atoms with Crippen molar-refractivity contribution in [2.24, 2.45) is 16.5 Å². The second-order valence-corrected chi connectivity index (χ2v) is 7.19. The minimum Gasteiger partial charge on any atom is -0.480 e. The Kier molecular flexibility index (Phi) is 16.7. The van der Waals surface area contributed by atoms with Crippen LogP contribution >= 0.6 is 0 Å². The largest absolute Gasteiger partial charge is 0.480 e. The summed E-state index contributed by atoms with van der Waals surface area (Å²) in [6, 6.07) is -0.878. The number of hydrogen-bond acceptors (Lipinski definition) is 4. The molecular formula is C20H40N4O3. The van der Waals surface area contributed by atoms with Gasteiger partial charge in [-0.05, 0) is 19.3 Å². The van der Waals surface area contributed by atoms with Gasteiger partial charge >= 0.3 is 5.97 Å². The average molecular weight is 385 g/mol. The highest BCUT2D eigenvalue weighted by Crippen LogP contribution is 2.11. The van der Waals surface area contributed by atoms with Crippen LogP contribution in [0.25, 0.3) is 0 Å². The van der Waals surface area contributed by atoms with E-state index in [2.05, 4.69) is 17.2 Å². The smallest absolute Gasteiger partial charge is 0.320 e. The lowest BCUT2D eigenvalue weighted by Crippen LogP contribution is -2.37. The molecule has 0 aromatic heterocycles. The van der Waals surface area contributed by atoms with E-state index in [1.807, 2.05) is 0 Å². The molecule has 0 rings (SSSR count). The molecule has 1 amide bonds. The van der Waals surface area contributed by atoms with Gasteiger partial charge in [0.15, 0.2) is 5.96 Å². The molecule has 0 aliphatic rings. The SMILES string of the molecule is CCCCCCCCCCCCCC(=O)NC(N)=NCCC[C@H](N)C(=O)O. The number of carboxylic acid groups (broad SMARTS) is 1. The van der Waals surface area contributed by atoms with Crippen LogP contribution < -0.4 is 16.8 Å². The molecule has 7 heteroatoms. The average Bonchev–Trinajstić information content (AvgIpc) is 2.62. The molecule has 0 spiro atoms. The van der Waals surface area contributed by atoms with E-state index in [0.29, 0.717) is 25.8 Å². The summed E-state index contributed by atoms with van der Waals surface area (Å²) in [5, 5.41) is 11.2. The summed E-state index contributed by atoms with van der Waals surface area (Å²) < 4.78 is 0. The van der Waals surface area contributed by atoms with E-state index in [1.54, 1.807) is 0 Å². The van der Waals surface area contributed by atoms with Crippen LogP contribution in [0, 0.1) is 0 Å². The Hall–Kier alpha value is -1.63. The van der Waals surface area contributed by atoms with Crippen molar-refractivity contribution >= 4 is 17.8 Å². The van der Waals surface area contributed by atoms with Gasteiger partial charge < -0.3 is 16.6 Å². The standard InChI is InChI=1S/C20H40N4O3/c1-2-3-4-5-6-7-8-9-10-11-12-15-18(25)24-20(22)23-16-13-14-17(21)19(26)27/h17H,2-16,21H2,1H3,(H,26,27)(H3,22,23,24,25)/t17-/m0/s1. The van der Waals surface area contributed by atoms with Crippen molar-refractivity contribution in [3.8, 4) is 0 Å². The van der Waals surface area contributed by atoms with Crippen molar-refractivity contribution in [2.45, 2.75) is 103 Å². The molecule has 0 aliphatic heterocycles. The maximum Gasteiger partial charge on any atom is 0.320 e. The van der Waals surface area contributed by atoms with E-state index in [-0.39, 0.29) is 11.9 Å². The van der Waals surface area contributed by atoms with Crippen LogP contribution in [0.15, 0.2) is 4.99 Å². The van der Waals surface area contributed by atoms with Gasteiger partial charge in [-0.2, -0.15) is 0 Å². The highest BCUT2D eigenvalue weighted by molar-refractivity contribution is 5.96. The van der Waals surface area contributed by atoms with Crippen LogP contribution in [-0.4, -0.2) is 35.5 Å². The van der Waals surface area contributed by atoms with Crippen LogP contribution in [-0.2, 0) is 9.59 Å². The molecule has 0 fully saturated rings. The van der Waals surface area contributed by atoms with Crippen molar-refractivity contribution in [2.75, 3.05) is 6.54 Å². The molecule has 0 radical (unpaired) electrons. The molecule has 0 aliphatic carbocycles. The number of amides is 1. The van der Waals surface area contributed by atoms with Gasteiger partial charge in [0.25, 0.3) is 0 Å². The third-order valence-corrected chi connectivity index (χ3v) is 4.55. The van der Waals surface area contributed by atoms with E-state index in [0.717, 1.165) is 12.8 Å². The van der Waals surface area contributed by atoms with Crippen LogP contribution in [0.5, 0.6) is 0 Å². The van der Waals surface area contributed by atoms with Gasteiger partial charge in [0.1, 0.15) is 6.04 Å². The number of aliphatic imine (C=N–C) groups is 1. The second kappa shape index (κ2) is 17.8. The molecule has 7 nitrogen and oxygen atoms in total. The first-order chi connectivity index (χ1) is 13.0. The molecule has 27 heavy (non-hydrogen) atoms. The number of nitrogens with one attached hydrogen (secondary N) is 1. The van der Waals surface area contributed by atoms with Crippen molar-refractivity contribution in [1.82, 2.24) is 5.32 Å². The third kappa shape index (κ3) is 17.5. The molecule has 0 heterocycles. The van der Waals surface area contributed by atoms with Crippen LogP contribution in [0.4, 0.5) is 0 Å². The molecule has 0 saturated heterocycles. The predicted octanol–water partition coefficient (Wildman–Crippen LogP) is 3.31. The Morgan fingerprint density at radius 2 is 1.44 bits per heavy atom. The fourth-order valence-corrected chi connectivity index (χ4v) is 2.83. The number of nitrogens with two attached hydrogens (primary N) is 2. The molecule has 0 aromatic carbocycles. The third-order valence-electron chi connectivity index (χ3n) is 4.55. The first-order valence-electron chi connectivity index (χ1n) is 10.6. The summed E-state index contributed by atoms with van der Waals surface area (Å²) in [5.74, 6) is -1.05. The molecule has 0 unspecified atom stereocenters. The number of carbonyl (C=O) groups excluding carboxylic acids is 1. The van der Waals surface area contributed by atoms with Gasteiger partial charge in [-0.1, -0.05) is 71.1 Å². The topological polar surface area (TPSA) is 131 Å². The first-order valence-corrected chi connectivity index (χ1v) is 10.6. The summed E-state index contributed by atoms with van der Waals surface area (Å²) in [6.07, 6.45) is 15.0. The summed E-state index contributed by atoms with van der Waals surface area (Å²) in [5.41, 5.74) is 11.0. The quantitative estimate of drug-likeness (QED) is 0.174. The summed E-state index contributed by atoms with van der Waals surface area (Å²) >= 11 is 0. The number of aliphatic carboxylic acids is 1. The number of unbranched alkanes of at least 4 members (excludes halogenated alkanes) is 10. The van der Waals surface area contributed by atoms with Gasteiger partial charge in [-0.15, -0.1) is 0 Å². The lowest BCUT2D eigenvalue weighted by Gasteiger charge is -2.06. The van der Waals surface area contributed by atoms with Gasteiger partial charge in [-0.25, -0.2) is 0 Å². The lowest BCUT2D eigenvalue weighted by atomic mass is 10.1. The number of hydrogen-bond donors (Lipinski definition) is 4. The fraction of sp³-hybridized carbons (Fsp3) is 0.850. The minimum atomic E-state index is -1.02. The molecular weight excluding hydrogens is 344 g/mol. The number of carbonyl (C=O) groups is 2. The maximum atomic E-state index is 11.8. The van der Waals surface area contributed by atoms with Crippen molar-refractivity contribution < 1.29 is 14.7 Å². The molecule has 6 N–H and O–H groups in total. The zero-order valence-corrected chi connectivity index (χ0v) is 17.0. The Balaban J connectivity index is 3.51. The number of nitrogens with zero attached hydrogens (tertiary/aromatic N) is 1. The van der Waals surface area contributed by atoms with Gasteiger partial charge in [0.05, 0.1) is 0 Å². The summed E-state index contributed by atoms with van der Waals surface area (Å²) in [7, 11) is 0. The lowest BCUT2D eigenvalue weighted by molar-refractivity contribution is -0.138. The Bertz CT molecular complexity index is 427. The highest BCUT2D eigenvalue weighted by Gasteiger charge is 2.10. The number of rotatable bonds is 17. The van der Waals surface area contributed by atoms with E-state index >= 15 is 0 Å². The fourth-order valence-electron chi connectivity index (χ4n) is 2.83. The van der Waals surface area contributed by atoms with Crippen LogP contribution in [0.3, 0.4) is 0 Å². The Morgan fingerprint density at radius 1 is 0.926 bits per heavy atom. The molecule has 158 valence electrons. The van der Waals surface area contributed by atoms with Gasteiger partial charge in [-0.3, -0.25) is 19.9 Å². The normalized spacial score (nSPS) is 12.7. The maximum absolute atomic E-state index is 11.8. The molecule has 0 saturated carbocycles. The van der Waals surface area contributed by atoms with Crippen molar-refractivity contribution in [1.29, 1.82) is 0 Å². The molecule has 1 atom stereocenters. The minimum absolute atomic E-state index is 0.0898. The zero-order valence-electron chi connectivity index (χ0n) is 17.0. The first kappa shape index (κ1) is 25.4. The van der Waals surface area contributed by atoms with E-state index in [4.69, 9.17) is 16.6 Å². The highest BCUT2D eigenvalue weighted by atomic mass is 16.4. The van der Waals surface area contributed by atoms with Crippen LogP contribution in [0.2, 0.25) is 0 Å². The Morgan fingerprint density at radius 3 is 1.96 bits per heavy atom. The second-order valence-electron chi connectivity index (χ2n) is 7.19. The number of carboxylic acids is 1. The van der Waals surface area contributed by atoms with E-state index < -0.39 is 12.0 Å². The van der Waals surface area contributed by atoms with E-state index in [9.17, 15) is 9.59 Å². The van der Waals surface area contributed by atoms with Gasteiger partial charge in [0, 0.05) is 13.0 Å². The van der Waals surface area contributed by atoms with Gasteiger partial charge in [0.2, 0.25) is 5.91 Å². The van der Waals surface area contributed by atoms with E-state index in [1.165, 1.54) is 57.8 Å². The monoisotopic (exact) mass is 384 g/mol. The van der Waals surface area contributed by atoms with Crippen molar-refractivity contribution in [3.05, 3.63) is 0 Å². The zero-order chi connectivity index (χ0) is 20.3. The molecule has 0 bridgehead atoms. The van der Waals surface area contributed by atoms with Crippen molar-refractivity contribution in [3.63, 3.8) is 0 Å². The van der Waals surface area contributed by atoms with Crippen LogP contribution in [0.1, 0.15) is 96.8 Å². The number of guanidine groups is 1. The summed E-state index contributed by atoms with van der Waals surface area (Å²) in [4.78, 5) is 26.4.